The Labute approximate surface area is 171 Å². The van der Waals surface area contributed by atoms with Gasteiger partial charge in [0.15, 0.2) is 0 Å². The Morgan fingerprint density at radius 1 is 1.33 bits per heavy atom. The molecular formula is C19H25F4N3O4. The van der Waals surface area contributed by atoms with Crippen molar-refractivity contribution in [1.82, 2.24) is 15.1 Å². The fourth-order valence-corrected chi connectivity index (χ4v) is 3.55. The molecule has 11 heteroatoms. The number of nitrogens with one attached hydrogen (secondary N) is 1. The summed E-state index contributed by atoms with van der Waals surface area (Å²) >= 11 is 0. The van der Waals surface area contributed by atoms with Crippen LogP contribution in [0.1, 0.15) is 18.4 Å². The number of benzene rings is 1. The van der Waals surface area contributed by atoms with E-state index < -0.39 is 12.1 Å². The van der Waals surface area contributed by atoms with Crippen LogP contribution in [-0.2, 0) is 16.1 Å². The molecule has 0 radical (unpaired) electrons. The highest BCUT2D eigenvalue weighted by Gasteiger charge is 2.46. The number of aliphatic carboxylic acids is 1. The van der Waals surface area contributed by atoms with E-state index in [0.29, 0.717) is 13.1 Å². The van der Waals surface area contributed by atoms with Crippen molar-refractivity contribution < 1.29 is 37.0 Å². The molecule has 2 amide bonds. The van der Waals surface area contributed by atoms with Gasteiger partial charge in [0.05, 0.1) is 18.2 Å². The van der Waals surface area contributed by atoms with Gasteiger partial charge in [-0.05, 0) is 44.6 Å². The monoisotopic (exact) mass is 435 g/mol. The average Bonchev–Trinajstić information content (AvgIpc) is 3.06. The summed E-state index contributed by atoms with van der Waals surface area (Å²) in [6.07, 6.45) is -3.05. The number of carbonyl (C=O) groups is 2. The number of urea groups is 1. The van der Waals surface area contributed by atoms with E-state index in [-0.39, 0.29) is 30.0 Å². The quantitative estimate of drug-likeness (QED) is 0.713. The molecule has 7 nitrogen and oxygen atoms in total. The average molecular weight is 435 g/mol. The second-order valence-corrected chi connectivity index (χ2v) is 7.32. The summed E-state index contributed by atoms with van der Waals surface area (Å²) in [5.74, 6) is -3.04. The Hall–Kier alpha value is -2.40. The van der Waals surface area contributed by atoms with E-state index in [4.69, 9.17) is 14.6 Å². The van der Waals surface area contributed by atoms with Crippen LogP contribution in [0.4, 0.5) is 22.4 Å². The molecule has 0 bridgehead atoms. The summed E-state index contributed by atoms with van der Waals surface area (Å²) < 4.78 is 50.9. The molecule has 2 fully saturated rings. The third-order valence-electron chi connectivity index (χ3n) is 5.00. The lowest BCUT2D eigenvalue weighted by Crippen LogP contribution is -2.47. The first kappa shape index (κ1) is 23.9. The van der Waals surface area contributed by atoms with Crippen LogP contribution in [0.5, 0.6) is 0 Å². The van der Waals surface area contributed by atoms with E-state index in [2.05, 4.69) is 10.2 Å². The van der Waals surface area contributed by atoms with Crippen molar-refractivity contribution in [2.24, 2.45) is 0 Å². The standard InChI is InChI=1S/C17H24FN3O2.C2HF3O2/c1-20(2)15-11-21(14-7-4-8-23-16(14)15)17(22)19-10-12-5-3-6-13(18)9-12;3-2(4,5)1(6)7/h3,5-6,9,14-16H,4,7-8,10-11H2,1-2H3,(H,19,22);(H,6,7)/t14-,15-,16+;/m1./s1. The van der Waals surface area contributed by atoms with E-state index in [1.807, 2.05) is 25.1 Å². The SMILES string of the molecule is CN(C)[C@@H]1CN(C(=O)NCc2cccc(F)c2)[C@@H]2CCCO[C@H]12.O=C(O)C(F)(F)F. The van der Waals surface area contributed by atoms with Gasteiger partial charge in [0.25, 0.3) is 0 Å². The molecule has 0 aromatic heterocycles. The number of amides is 2. The minimum atomic E-state index is -5.08. The van der Waals surface area contributed by atoms with Crippen LogP contribution in [0.2, 0.25) is 0 Å². The van der Waals surface area contributed by atoms with Crippen molar-refractivity contribution >= 4 is 12.0 Å². The van der Waals surface area contributed by atoms with Crippen molar-refractivity contribution in [3.05, 3.63) is 35.6 Å². The zero-order valence-electron chi connectivity index (χ0n) is 16.7. The van der Waals surface area contributed by atoms with Gasteiger partial charge in [-0.25, -0.2) is 14.0 Å². The fraction of sp³-hybridized carbons (Fsp3) is 0.579. The molecule has 30 heavy (non-hydrogen) atoms. The maximum Gasteiger partial charge on any atom is 0.490 e. The summed E-state index contributed by atoms with van der Waals surface area (Å²) in [6, 6.07) is 6.56. The molecule has 168 valence electrons. The van der Waals surface area contributed by atoms with E-state index >= 15 is 0 Å². The number of carboxylic acid groups (broad SMARTS) is 1. The van der Waals surface area contributed by atoms with Gasteiger partial charge >= 0.3 is 18.2 Å². The number of likely N-dealkylation sites (N-methyl/N-ethyl adjacent to an activating group) is 1. The van der Waals surface area contributed by atoms with Crippen LogP contribution in [0, 0.1) is 5.82 Å². The number of halogens is 4. The maximum absolute atomic E-state index is 13.2. The highest BCUT2D eigenvalue weighted by Crippen LogP contribution is 2.30. The topological polar surface area (TPSA) is 82.1 Å². The predicted molar refractivity (Wildman–Crippen MR) is 99.3 cm³/mol. The van der Waals surface area contributed by atoms with Gasteiger partial charge in [-0.1, -0.05) is 12.1 Å². The maximum atomic E-state index is 13.2. The first-order valence-electron chi connectivity index (χ1n) is 9.37. The van der Waals surface area contributed by atoms with Crippen LogP contribution < -0.4 is 5.32 Å². The molecular weight excluding hydrogens is 410 g/mol. The van der Waals surface area contributed by atoms with Gasteiger partial charge in [-0.3, -0.25) is 0 Å². The van der Waals surface area contributed by atoms with Gasteiger partial charge in [0.1, 0.15) is 5.82 Å². The number of ether oxygens (including phenoxy) is 1. The van der Waals surface area contributed by atoms with Crippen molar-refractivity contribution in [1.29, 1.82) is 0 Å². The minimum Gasteiger partial charge on any atom is -0.475 e. The van der Waals surface area contributed by atoms with Crippen LogP contribution in [0.3, 0.4) is 0 Å². The molecule has 2 heterocycles. The van der Waals surface area contributed by atoms with Crippen LogP contribution in [0.25, 0.3) is 0 Å². The second-order valence-electron chi connectivity index (χ2n) is 7.32. The predicted octanol–water partition coefficient (Wildman–Crippen LogP) is 2.46. The minimum absolute atomic E-state index is 0.0821. The number of alkyl halides is 3. The number of fused-ring (bicyclic) bond motifs is 1. The third-order valence-corrected chi connectivity index (χ3v) is 5.00. The van der Waals surface area contributed by atoms with Crippen molar-refractivity contribution in [3.8, 4) is 0 Å². The Morgan fingerprint density at radius 3 is 2.57 bits per heavy atom. The molecule has 1 aromatic carbocycles. The van der Waals surface area contributed by atoms with Gasteiger partial charge in [-0.2, -0.15) is 13.2 Å². The summed E-state index contributed by atoms with van der Waals surface area (Å²) in [4.78, 5) is 25.5. The molecule has 0 saturated carbocycles. The van der Waals surface area contributed by atoms with Gasteiger partial charge in [0.2, 0.25) is 0 Å². The van der Waals surface area contributed by atoms with E-state index in [0.717, 1.165) is 25.0 Å². The highest BCUT2D eigenvalue weighted by atomic mass is 19.4. The zero-order chi connectivity index (χ0) is 22.5. The normalized spacial score (nSPS) is 23.4. The summed E-state index contributed by atoms with van der Waals surface area (Å²) in [5, 5.41) is 10.0. The number of carbonyl (C=O) groups excluding carboxylic acids is 1. The Morgan fingerprint density at radius 2 is 2.00 bits per heavy atom. The summed E-state index contributed by atoms with van der Waals surface area (Å²) in [5.41, 5.74) is 0.762. The first-order valence-corrected chi connectivity index (χ1v) is 9.37. The smallest absolute Gasteiger partial charge is 0.475 e. The molecule has 0 unspecified atom stereocenters. The van der Waals surface area contributed by atoms with Crippen molar-refractivity contribution in [2.75, 3.05) is 27.2 Å². The van der Waals surface area contributed by atoms with Gasteiger partial charge in [-0.15, -0.1) is 0 Å². The molecule has 3 atom stereocenters. The van der Waals surface area contributed by atoms with E-state index in [9.17, 15) is 22.4 Å². The number of nitrogens with zero attached hydrogens (tertiary/aromatic N) is 2. The molecule has 2 aliphatic rings. The van der Waals surface area contributed by atoms with Crippen molar-refractivity contribution in [3.63, 3.8) is 0 Å². The lowest BCUT2D eigenvalue weighted by atomic mass is 10.0. The molecule has 0 spiro atoms. The van der Waals surface area contributed by atoms with Crippen LogP contribution in [0.15, 0.2) is 24.3 Å². The molecule has 1 aromatic rings. The largest absolute Gasteiger partial charge is 0.490 e. The van der Waals surface area contributed by atoms with Crippen molar-refractivity contribution in [2.45, 2.75) is 43.8 Å². The Bertz CT molecular complexity index is 745. The fourth-order valence-electron chi connectivity index (χ4n) is 3.55. The van der Waals surface area contributed by atoms with Gasteiger partial charge < -0.3 is 25.0 Å². The molecule has 2 N–H and O–H groups in total. The lowest BCUT2D eigenvalue weighted by molar-refractivity contribution is -0.192. The summed E-state index contributed by atoms with van der Waals surface area (Å²) in [6.45, 7) is 1.76. The van der Waals surface area contributed by atoms with Gasteiger partial charge in [0, 0.05) is 19.7 Å². The van der Waals surface area contributed by atoms with E-state index in [1.54, 1.807) is 6.07 Å². The molecule has 0 aliphatic carbocycles. The molecule has 2 aliphatic heterocycles. The molecule has 3 rings (SSSR count). The number of hydrogen-bond acceptors (Lipinski definition) is 4. The first-order chi connectivity index (χ1) is 14.0. The second kappa shape index (κ2) is 10.1. The summed E-state index contributed by atoms with van der Waals surface area (Å²) in [7, 11) is 4.04. The van der Waals surface area contributed by atoms with Crippen LogP contribution in [-0.4, -0.2) is 78.5 Å². The highest BCUT2D eigenvalue weighted by molar-refractivity contribution is 5.75. The van der Waals surface area contributed by atoms with E-state index in [1.165, 1.54) is 12.1 Å². The third kappa shape index (κ3) is 6.30. The zero-order valence-corrected chi connectivity index (χ0v) is 16.7. The van der Waals surface area contributed by atoms with Crippen LogP contribution >= 0.6 is 0 Å². The number of carboxylic acids is 1. The number of likely N-dealkylation sites (tertiary alicyclic amines) is 1. The Kier molecular flexibility index (Phi) is 8.02. The molecule has 2 saturated heterocycles. The Balaban J connectivity index is 0.000000396. The number of rotatable bonds is 3. The lowest BCUT2D eigenvalue weighted by Gasteiger charge is -2.33. The number of hydrogen-bond donors (Lipinski definition) is 2.